The van der Waals surface area contributed by atoms with Gasteiger partial charge in [-0.25, -0.2) is 0 Å². The minimum atomic E-state index is 0.658. The van der Waals surface area contributed by atoms with E-state index in [1.807, 2.05) is 0 Å². The lowest BCUT2D eigenvalue weighted by Crippen LogP contribution is -2.48. The smallest absolute Gasteiger partial charge is 0.173 e. The number of benzene rings is 1. The number of piperidine rings is 1. The van der Waals surface area contributed by atoms with Crippen molar-refractivity contribution >= 4 is 23.0 Å². The Bertz CT molecular complexity index is 625. The number of likely N-dealkylation sites (tertiary alicyclic amines) is 1. The van der Waals surface area contributed by atoms with Gasteiger partial charge in [0.25, 0.3) is 0 Å². The first-order chi connectivity index (χ1) is 13.0. The van der Waals surface area contributed by atoms with E-state index in [-0.39, 0.29) is 0 Å². The SMILES string of the molecule is Cc1ccc(C)c(NC(=S)N2CCC(N(C)CCN3CCOCC3)CC2)c1. The maximum atomic E-state index is 5.68. The molecule has 0 aromatic heterocycles. The number of hydrogen-bond acceptors (Lipinski definition) is 4. The van der Waals surface area contributed by atoms with Gasteiger partial charge >= 0.3 is 0 Å². The lowest BCUT2D eigenvalue weighted by Gasteiger charge is -2.39. The number of rotatable bonds is 5. The molecule has 27 heavy (non-hydrogen) atoms. The van der Waals surface area contributed by atoms with Crippen LogP contribution in [-0.2, 0) is 4.74 Å². The first-order valence-corrected chi connectivity index (χ1v) is 10.6. The third-order valence-electron chi connectivity index (χ3n) is 5.88. The van der Waals surface area contributed by atoms with Gasteiger partial charge in [0.2, 0.25) is 0 Å². The van der Waals surface area contributed by atoms with Crippen molar-refractivity contribution in [2.75, 3.05) is 64.8 Å². The number of ether oxygens (including phenoxy) is 1. The van der Waals surface area contributed by atoms with Crippen LogP contribution in [0.2, 0.25) is 0 Å². The minimum Gasteiger partial charge on any atom is -0.379 e. The zero-order chi connectivity index (χ0) is 19.2. The molecule has 0 atom stereocenters. The highest BCUT2D eigenvalue weighted by Crippen LogP contribution is 2.20. The second-order valence-corrected chi connectivity index (χ2v) is 8.29. The van der Waals surface area contributed by atoms with Gasteiger partial charge in [0.05, 0.1) is 13.2 Å². The van der Waals surface area contributed by atoms with Gasteiger partial charge in [0, 0.05) is 51.0 Å². The highest BCUT2D eigenvalue weighted by molar-refractivity contribution is 7.80. The Morgan fingerprint density at radius 1 is 1.19 bits per heavy atom. The monoisotopic (exact) mass is 390 g/mol. The van der Waals surface area contributed by atoms with Gasteiger partial charge in [-0.15, -0.1) is 0 Å². The van der Waals surface area contributed by atoms with Gasteiger partial charge in [-0.2, -0.15) is 0 Å². The first-order valence-electron chi connectivity index (χ1n) is 10.2. The molecule has 3 rings (SSSR count). The maximum absolute atomic E-state index is 5.68. The van der Waals surface area contributed by atoms with Crippen LogP contribution in [0.5, 0.6) is 0 Å². The van der Waals surface area contributed by atoms with Crippen LogP contribution < -0.4 is 5.32 Å². The van der Waals surface area contributed by atoms with E-state index in [1.165, 1.54) is 24.0 Å². The Kier molecular flexibility index (Phi) is 7.47. The standard InChI is InChI=1S/C21H34N4OS/c1-17-4-5-18(2)20(16-17)22-21(27)25-8-6-19(7-9-25)23(3)10-11-24-12-14-26-15-13-24/h4-5,16,19H,6-15H2,1-3H3,(H,22,27). The van der Waals surface area contributed by atoms with E-state index in [4.69, 9.17) is 17.0 Å². The highest BCUT2D eigenvalue weighted by Gasteiger charge is 2.24. The molecule has 2 fully saturated rings. The Morgan fingerprint density at radius 3 is 2.59 bits per heavy atom. The van der Waals surface area contributed by atoms with Crippen molar-refractivity contribution in [1.29, 1.82) is 0 Å². The van der Waals surface area contributed by atoms with Crippen molar-refractivity contribution < 1.29 is 4.74 Å². The summed E-state index contributed by atoms with van der Waals surface area (Å²) in [4.78, 5) is 7.37. The molecular weight excluding hydrogens is 356 g/mol. The Balaban J connectivity index is 1.42. The van der Waals surface area contributed by atoms with Crippen LogP contribution in [0.25, 0.3) is 0 Å². The normalized spacial score (nSPS) is 19.5. The van der Waals surface area contributed by atoms with Crippen molar-refractivity contribution in [2.24, 2.45) is 0 Å². The number of nitrogens with zero attached hydrogens (tertiary/aromatic N) is 3. The molecule has 1 aromatic carbocycles. The molecule has 6 heteroatoms. The molecule has 0 amide bonds. The lowest BCUT2D eigenvalue weighted by molar-refractivity contribution is 0.0311. The zero-order valence-electron chi connectivity index (χ0n) is 17.0. The molecule has 150 valence electrons. The van der Waals surface area contributed by atoms with Crippen LogP contribution in [-0.4, -0.2) is 85.4 Å². The van der Waals surface area contributed by atoms with Gasteiger partial charge < -0.3 is 19.9 Å². The van der Waals surface area contributed by atoms with Crippen LogP contribution in [0, 0.1) is 13.8 Å². The molecule has 0 unspecified atom stereocenters. The van der Waals surface area contributed by atoms with E-state index in [1.54, 1.807) is 0 Å². The summed E-state index contributed by atoms with van der Waals surface area (Å²) in [6, 6.07) is 7.12. The predicted octanol–water partition coefficient (Wildman–Crippen LogP) is 2.73. The third-order valence-corrected chi connectivity index (χ3v) is 6.24. The molecule has 1 aromatic rings. The van der Waals surface area contributed by atoms with Crippen molar-refractivity contribution in [3.8, 4) is 0 Å². The molecule has 5 nitrogen and oxygen atoms in total. The number of hydrogen-bond donors (Lipinski definition) is 1. The van der Waals surface area contributed by atoms with E-state index < -0.39 is 0 Å². The fraction of sp³-hybridized carbons (Fsp3) is 0.667. The third kappa shape index (κ3) is 5.88. The topological polar surface area (TPSA) is 31.0 Å². The van der Waals surface area contributed by atoms with Crippen LogP contribution in [0.3, 0.4) is 0 Å². The van der Waals surface area contributed by atoms with Gasteiger partial charge in [-0.05, 0) is 63.1 Å². The number of thiocarbonyl (C=S) groups is 1. The summed E-state index contributed by atoms with van der Waals surface area (Å²) in [7, 11) is 2.27. The van der Waals surface area contributed by atoms with Crippen molar-refractivity contribution in [1.82, 2.24) is 14.7 Å². The average Bonchev–Trinajstić information content (AvgIpc) is 2.70. The number of anilines is 1. The van der Waals surface area contributed by atoms with Crippen molar-refractivity contribution in [3.05, 3.63) is 29.3 Å². The molecule has 2 aliphatic heterocycles. The van der Waals surface area contributed by atoms with Crippen LogP contribution in [0.1, 0.15) is 24.0 Å². The van der Waals surface area contributed by atoms with Gasteiger partial charge in [0.15, 0.2) is 5.11 Å². The molecule has 2 aliphatic rings. The lowest BCUT2D eigenvalue weighted by atomic mass is 10.0. The second-order valence-electron chi connectivity index (χ2n) is 7.90. The van der Waals surface area contributed by atoms with Crippen molar-refractivity contribution in [2.45, 2.75) is 32.7 Å². The van der Waals surface area contributed by atoms with Crippen LogP contribution >= 0.6 is 12.2 Å². The average molecular weight is 391 g/mol. The Morgan fingerprint density at radius 2 is 1.89 bits per heavy atom. The molecule has 0 radical (unpaired) electrons. The van der Waals surface area contributed by atoms with Gasteiger partial charge in [0.1, 0.15) is 0 Å². The largest absolute Gasteiger partial charge is 0.379 e. The first kappa shape index (κ1) is 20.5. The number of likely N-dealkylation sites (N-methyl/N-ethyl adjacent to an activating group) is 1. The molecule has 0 aliphatic carbocycles. The molecular formula is C21H34N4OS. The maximum Gasteiger partial charge on any atom is 0.173 e. The summed E-state index contributed by atoms with van der Waals surface area (Å²) < 4.78 is 5.43. The van der Waals surface area contributed by atoms with Gasteiger partial charge in [-0.3, -0.25) is 4.90 Å². The second kappa shape index (κ2) is 9.82. The van der Waals surface area contributed by atoms with E-state index in [9.17, 15) is 0 Å². The Hall–Kier alpha value is -1.21. The number of aryl methyl sites for hydroxylation is 2. The summed E-state index contributed by atoms with van der Waals surface area (Å²) in [5, 5.41) is 4.32. The highest BCUT2D eigenvalue weighted by atomic mass is 32.1. The molecule has 2 heterocycles. The van der Waals surface area contributed by atoms with Crippen LogP contribution in [0.4, 0.5) is 5.69 Å². The number of nitrogens with one attached hydrogen (secondary N) is 1. The van der Waals surface area contributed by atoms with E-state index in [0.29, 0.717) is 6.04 Å². The zero-order valence-corrected chi connectivity index (χ0v) is 17.9. The quantitative estimate of drug-likeness (QED) is 0.778. The summed E-state index contributed by atoms with van der Waals surface area (Å²) in [5.74, 6) is 0. The summed E-state index contributed by atoms with van der Waals surface area (Å²) in [5.41, 5.74) is 3.62. The predicted molar refractivity (Wildman–Crippen MR) is 117 cm³/mol. The Labute approximate surface area is 169 Å². The van der Waals surface area contributed by atoms with E-state index in [0.717, 1.165) is 63.3 Å². The summed E-state index contributed by atoms with van der Waals surface area (Å²) >= 11 is 5.68. The fourth-order valence-corrected chi connectivity index (χ4v) is 4.17. The van der Waals surface area contributed by atoms with E-state index in [2.05, 4.69) is 59.1 Å². The van der Waals surface area contributed by atoms with Crippen molar-refractivity contribution in [3.63, 3.8) is 0 Å². The molecule has 0 saturated carbocycles. The van der Waals surface area contributed by atoms with Crippen LogP contribution in [0.15, 0.2) is 18.2 Å². The fourth-order valence-electron chi connectivity index (χ4n) is 3.88. The molecule has 2 saturated heterocycles. The summed E-state index contributed by atoms with van der Waals surface area (Å²) in [6.07, 6.45) is 2.35. The molecule has 0 spiro atoms. The van der Waals surface area contributed by atoms with E-state index >= 15 is 0 Å². The molecule has 0 bridgehead atoms. The summed E-state index contributed by atoms with van der Waals surface area (Å²) in [6.45, 7) is 12.5. The molecule has 1 N–H and O–H groups in total. The minimum absolute atomic E-state index is 0.658. The number of morpholine rings is 1. The van der Waals surface area contributed by atoms with Gasteiger partial charge in [-0.1, -0.05) is 12.1 Å².